The third kappa shape index (κ3) is 2.34. The largest absolute Gasteiger partial charge is 0.498 e. The van der Waals surface area contributed by atoms with Gasteiger partial charge < -0.3 is 14.2 Å². The molecule has 0 spiro atoms. The highest BCUT2D eigenvalue weighted by Gasteiger charge is 2.77. The Bertz CT molecular complexity index is 848. The van der Waals surface area contributed by atoms with Crippen LogP contribution >= 0.6 is 11.6 Å². The van der Waals surface area contributed by atoms with Gasteiger partial charge >= 0.3 is 0 Å². The van der Waals surface area contributed by atoms with Crippen molar-refractivity contribution in [3.8, 4) is 0 Å². The topological polar surface area (TPSA) is 44.8 Å². The molecule has 0 aromatic rings. The van der Waals surface area contributed by atoms with Crippen LogP contribution < -0.4 is 0 Å². The highest BCUT2D eigenvalue weighted by atomic mass is 35.5. The number of hydrogen-bond donors (Lipinski definition) is 0. The number of ketones is 1. The lowest BCUT2D eigenvalue weighted by Gasteiger charge is -2.66. The average Bonchev–Trinajstić information content (AvgIpc) is 2.82. The second kappa shape index (κ2) is 6.59. The zero-order valence-electron chi connectivity index (χ0n) is 19.0. The van der Waals surface area contributed by atoms with Crippen LogP contribution in [0.3, 0.4) is 0 Å². The average molecular weight is 435 g/mol. The van der Waals surface area contributed by atoms with Gasteiger partial charge in [-0.05, 0) is 88.2 Å². The lowest BCUT2D eigenvalue weighted by molar-refractivity contribution is -0.362. The second-order valence-corrected chi connectivity index (χ2v) is 11.1. The Morgan fingerprint density at radius 1 is 1.20 bits per heavy atom. The zero-order chi connectivity index (χ0) is 21.5. The van der Waals surface area contributed by atoms with Gasteiger partial charge in [-0.1, -0.05) is 25.4 Å². The molecule has 1 aliphatic heterocycles. The van der Waals surface area contributed by atoms with Crippen LogP contribution in [0.5, 0.6) is 0 Å². The molecule has 1 saturated heterocycles. The first-order valence-corrected chi connectivity index (χ1v) is 12.1. The predicted octanol–water partition coefficient (Wildman–Crippen LogP) is 5.89. The predicted molar refractivity (Wildman–Crippen MR) is 116 cm³/mol. The summed E-state index contributed by atoms with van der Waals surface area (Å²) in [5.74, 6) is 2.03. The van der Waals surface area contributed by atoms with Gasteiger partial charge in [-0.15, -0.1) is 0 Å². The maximum atomic E-state index is 13.0. The van der Waals surface area contributed by atoms with Gasteiger partial charge in [0.05, 0.1) is 18.0 Å². The fourth-order valence-corrected chi connectivity index (χ4v) is 8.75. The van der Waals surface area contributed by atoms with Gasteiger partial charge in [-0.2, -0.15) is 0 Å². The molecule has 1 heterocycles. The van der Waals surface area contributed by atoms with Gasteiger partial charge in [-0.3, -0.25) is 4.79 Å². The standard InChI is InChI=1S/C25H35ClO4/c1-6-28-17-7-9-22(4)18-8-10-23(5)24(15(2)27)11-12-25(23,30-16(3)29-24)19(18)14-21(26)20(22)13-17/h13,16,18-19H,6-12,14H2,1-5H3/t16?,18-,19+,22+,23+,24-,25+/m0/s1. The van der Waals surface area contributed by atoms with E-state index in [9.17, 15) is 4.79 Å². The van der Waals surface area contributed by atoms with Crippen molar-refractivity contribution < 1.29 is 19.0 Å². The van der Waals surface area contributed by atoms with Crippen LogP contribution in [-0.4, -0.2) is 29.9 Å². The molecule has 0 radical (unpaired) electrons. The monoisotopic (exact) mass is 434 g/mol. The molecule has 4 nitrogen and oxygen atoms in total. The molecule has 0 aromatic heterocycles. The highest BCUT2D eigenvalue weighted by molar-refractivity contribution is 6.30. The summed E-state index contributed by atoms with van der Waals surface area (Å²) in [5, 5.41) is 0.956. The van der Waals surface area contributed by atoms with E-state index >= 15 is 0 Å². The number of fused-ring (bicyclic) bond motifs is 3. The normalized spacial score (nSPS) is 49.7. The van der Waals surface area contributed by atoms with E-state index < -0.39 is 5.60 Å². The van der Waals surface area contributed by atoms with Gasteiger partial charge in [0.15, 0.2) is 12.1 Å². The molecule has 0 aromatic carbocycles. The Morgan fingerprint density at radius 3 is 2.67 bits per heavy atom. The maximum Gasteiger partial charge on any atom is 0.162 e. The van der Waals surface area contributed by atoms with E-state index in [1.807, 2.05) is 13.8 Å². The van der Waals surface area contributed by atoms with E-state index in [1.165, 1.54) is 5.57 Å². The maximum absolute atomic E-state index is 13.0. The van der Waals surface area contributed by atoms with E-state index in [1.54, 1.807) is 6.92 Å². The SMILES string of the molecule is CCOC1=CC2=C(Cl)C[C@@H]3[C@H](CC[C@]4(C)[C@@]5(C(C)=O)CC[C@@]34OC(C)O5)[C@@]2(C)CC1. The zero-order valence-corrected chi connectivity index (χ0v) is 19.7. The quantitative estimate of drug-likeness (QED) is 0.555. The number of carbonyl (C=O) groups excluding carboxylic acids is 1. The number of rotatable bonds is 3. The molecule has 2 saturated carbocycles. The third-order valence-corrected chi connectivity index (χ3v) is 10.0. The Labute approximate surface area is 185 Å². The van der Waals surface area contributed by atoms with E-state index in [4.69, 9.17) is 25.8 Å². The fourth-order valence-electron chi connectivity index (χ4n) is 8.31. The van der Waals surface area contributed by atoms with Crippen LogP contribution in [0.1, 0.15) is 79.6 Å². The van der Waals surface area contributed by atoms with Crippen LogP contribution in [0.15, 0.2) is 22.4 Å². The van der Waals surface area contributed by atoms with Crippen molar-refractivity contribution in [3.63, 3.8) is 0 Å². The number of carbonyl (C=O) groups is 1. The summed E-state index contributed by atoms with van der Waals surface area (Å²) < 4.78 is 18.9. The van der Waals surface area contributed by atoms with Crippen molar-refractivity contribution in [2.75, 3.05) is 6.61 Å². The van der Waals surface area contributed by atoms with Crippen molar-refractivity contribution in [2.24, 2.45) is 22.7 Å². The molecule has 30 heavy (non-hydrogen) atoms. The molecule has 5 rings (SSSR count). The third-order valence-electron chi connectivity index (χ3n) is 9.68. The van der Waals surface area contributed by atoms with E-state index in [-0.39, 0.29) is 28.5 Å². The van der Waals surface area contributed by atoms with Crippen LogP contribution in [0, 0.1) is 22.7 Å². The Kier molecular flexibility index (Phi) is 4.62. The lowest BCUT2D eigenvalue weighted by atomic mass is 9.45. The van der Waals surface area contributed by atoms with Crippen LogP contribution in [0.4, 0.5) is 0 Å². The molecule has 0 amide bonds. The summed E-state index contributed by atoms with van der Waals surface area (Å²) in [6.45, 7) is 11.1. The van der Waals surface area contributed by atoms with Crippen LogP contribution in [-0.2, 0) is 19.0 Å². The molecule has 4 aliphatic carbocycles. The fraction of sp³-hybridized carbons (Fsp3) is 0.800. The van der Waals surface area contributed by atoms with E-state index in [0.717, 1.165) is 55.7 Å². The van der Waals surface area contributed by atoms with Gasteiger partial charge in [0.1, 0.15) is 5.60 Å². The molecule has 5 heteroatoms. The van der Waals surface area contributed by atoms with E-state index in [0.29, 0.717) is 18.4 Å². The molecular formula is C25H35ClO4. The molecule has 2 bridgehead atoms. The number of allylic oxidation sites excluding steroid dienone is 4. The second-order valence-electron chi connectivity index (χ2n) is 10.6. The van der Waals surface area contributed by atoms with Crippen molar-refractivity contribution in [1.82, 2.24) is 0 Å². The number of Topliss-reactive ketones (excluding diaryl/α,β-unsaturated/α-hetero) is 1. The number of hydrogen-bond acceptors (Lipinski definition) is 4. The summed E-state index contributed by atoms with van der Waals surface area (Å²) in [4.78, 5) is 13.0. The minimum atomic E-state index is -0.721. The van der Waals surface area contributed by atoms with Crippen molar-refractivity contribution >= 4 is 17.4 Å². The molecule has 166 valence electrons. The minimum absolute atomic E-state index is 0.0308. The molecular weight excluding hydrogens is 400 g/mol. The smallest absolute Gasteiger partial charge is 0.162 e. The summed E-state index contributed by atoms with van der Waals surface area (Å²) >= 11 is 7.03. The van der Waals surface area contributed by atoms with Gasteiger partial charge in [-0.25, -0.2) is 0 Å². The highest BCUT2D eigenvalue weighted by Crippen LogP contribution is 2.73. The number of ether oxygens (including phenoxy) is 3. The molecule has 3 fully saturated rings. The Hall–Kier alpha value is -0.840. The molecule has 5 aliphatic rings. The summed E-state index contributed by atoms with van der Waals surface area (Å²) in [7, 11) is 0. The van der Waals surface area contributed by atoms with Gasteiger partial charge in [0.25, 0.3) is 0 Å². The number of halogens is 1. The first-order chi connectivity index (χ1) is 14.1. The van der Waals surface area contributed by atoms with E-state index in [2.05, 4.69) is 19.9 Å². The van der Waals surface area contributed by atoms with Crippen molar-refractivity contribution in [1.29, 1.82) is 0 Å². The first-order valence-electron chi connectivity index (χ1n) is 11.7. The van der Waals surface area contributed by atoms with Crippen LogP contribution in [0.25, 0.3) is 0 Å². The summed E-state index contributed by atoms with van der Waals surface area (Å²) in [5.41, 5.74) is -0.0651. The van der Waals surface area contributed by atoms with Crippen LogP contribution in [0.2, 0.25) is 0 Å². The van der Waals surface area contributed by atoms with Gasteiger partial charge in [0, 0.05) is 16.9 Å². The summed E-state index contributed by atoms with van der Waals surface area (Å²) in [6, 6.07) is 0. The molecule has 0 N–H and O–H groups in total. The van der Waals surface area contributed by atoms with Crippen molar-refractivity contribution in [2.45, 2.75) is 97.1 Å². The Balaban J connectivity index is 1.62. The Morgan fingerprint density at radius 2 is 1.97 bits per heavy atom. The lowest BCUT2D eigenvalue weighted by Crippen LogP contribution is -2.71. The van der Waals surface area contributed by atoms with Gasteiger partial charge in [0.2, 0.25) is 0 Å². The minimum Gasteiger partial charge on any atom is -0.498 e. The van der Waals surface area contributed by atoms with Crippen molar-refractivity contribution in [3.05, 3.63) is 22.4 Å². The molecule has 1 unspecified atom stereocenters. The molecule has 7 atom stereocenters. The summed E-state index contributed by atoms with van der Waals surface area (Å²) in [6.07, 6.45) is 8.38. The first kappa shape index (κ1) is 21.0.